The Bertz CT molecular complexity index is 576. The van der Waals surface area contributed by atoms with Crippen molar-refractivity contribution in [1.29, 1.82) is 0 Å². The van der Waals surface area contributed by atoms with Gasteiger partial charge in [0.05, 0.1) is 12.5 Å². The quantitative estimate of drug-likeness (QED) is 0.537. The second kappa shape index (κ2) is 4.81. The van der Waals surface area contributed by atoms with E-state index in [0.29, 0.717) is 10.5 Å². The van der Waals surface area contributed by atoms with Crippen LogP contribution in [-0.2, 0) is 9.59 Å². The maximum absolute atomic E-state index is 11.8. The summed E-state index contributed by atoms with van der Waals surface area (Å²) in [6.07, 6.45) is 1.38. The number of carbonyl (C=O) groups is 3. The lowest BCUT2D eigenvalue weighted by atomic mass is 10.2. The van der Waals surface area contributed by atoms with Crippen LogP contribution in [0, 0.1) is 0 Å². The van der Waals surface area contributed by atoms with E-state index < -0.39 is 24.5 Å². The van der Waals surface area contributed by atoms with Crippen molar-refractivity contribution in [2.24, 2.45) is 0 Å². The number of nitrogens with one attached hydrogen (secondary N) is 1. The summed E-state index contributed by atoms with van der Waals surface area (Å²) in [5.74, 6) is -2.18. The molecule has 1 aromatic rings. The summed E-state index contributed by atoms with van der Waals surface area (Å²) < 4.78 is 0. The molecule has 0 unspecified atom stereocenters. The zero-order valence-corrected chi connectivity index (χ0v) is 9.62. The van der Waals surface area contributed by atoms with Gasteiger partial charge in [0.2, 0.25) is 0 Å². The van der Waals surface area contributed by atoms with Gasteiger partial charge in [0.1, 0.15) is 11.4 Å². The molecule has 1 heterocycles. The van der Waals surface area contributed by atoms with Crippen molar-refractivity contribution in [3.8, 4) is 5.75 Å². The fourth-order valence-electron chi connectivity index (χ4n) is 1.58. The lowest BCUT2D eigenvalue weighted by Crippen LogP contribution is -2.41. The first-order valence-electron chi connectivity index (χ1n) is 5.31. The predicted octanol–water partition coefficient (Wildman–Crippen LogP) is -0.965. The van der Waals surface area contributed by atoms with Gasteiger partial charge < -0.3 is 20.3 Å². The maximum Gasteiger partial charge on any atom is 0.329 e. The van der Waals surface area contributed by atoms with Gasteiger partial charge >= 0.3 is 6.03 Å². The highest BCUT2D eigenvalue weighted by atomic mass is 16.4. The van der Waals surface area contributed by atoms with E-state index in [-0.39, 0.29) is 11.4 Å². The van der Waals surface area contributed by atoms with E-state index in [1.54, 1.807) is 12.1 Å². The first-order valence-corrected chi connectivity index (χ1v) is 5.31. The molecule has 0 radical (unpaired) electrons. The van der Waals surface area contributed by atoms with Crippen LogP contribution < -0.4 is 10.4 Å². The standard InChI is InChI=1S/C12H10N2O5/c15-8-3-1-7(2-4-8)5-9-11(18)14(6-10(16)17)12(19)13-9/h1-5,15H,6H2,(H,13,19)(H,16,17)/p-1/b9-5+. The van der Waals surface area contributed by atoms with Gasteiger partial charge in [-0.05, 0) is 23.8 Å². The molecular formula is C12H9N2O5-. The van der Waals surface area contributed by atoms with E-state index in [9.17, 15) is 19.5 Å². The van der Waals surface area contributed by atoms with Crippen molar-refractivity contribution in [3.63, 3.8) is 0 Å². The van der Waals surface area contributed by atoms with Crippen molar-refractivity contribution >= 4 is 24.0 Å². The molecule has 19 heavy (non-hydrogen) atoms. The van der Waals surface area contributed by atoms with Gasteiger partial charge in [0.25, 0.3) is 5.91 Å². The number of carbonyl (C=O) groups excluding carboxylic acids is 3. The zero-order valence-electron chi connectivity index (χ0n) is 9.62. The van der Waals surface area contributed by atoms with Crippen LogP contribution in [0.1, 0.15) is 5.56 Å². The molecule has 0 bridgehead atoms. The summed E-state index contributed by atoms with van der Waals surface area (Å²) in [5, 5.41) is 21.8. The number of phenolic OH excluding ortho intramolecular Hbond substituents is 1. The van der Waals surface area contributed by atoms with E-state index in [2.05, 4.69) is 5.32 Å². The van der Waals surface area contributed by atoms with E-state index in [0.717, 1.165) is 0 Å². The van der Waals surface area contributed by atoms with E-state index in [1.807, 2.05) is 0 Å². The number of carboxylic acid groups (broad SMARTS) is 1. The number of hydrogen-bond acceptors (Lipinski definition) is 5. The average Bonchev–Trinajstić information content (AvgIpc) is 2.60. The topological polar surface area (TPSA) is 110 Å². The number of aliphatic carboxylic acids is 1. The number of aromatic hydroxyl groups is 1. The molecule has 1 fully saturated rings. The van der Waals surface area contributed by atoms with Crippen LogP contribution in [0.3, 0.4) is 0 Å². The van der Waals surface area contributed by atoms with Gasteiger partial charge in [0.15, 0.2) is 0 Å². The summed E-state index contributed by atoms with van der Waals surface area (Å²) in [4.78, 5) is 34.1. The monoisotopic (exact) mass is 261 g/mol. The van der Waals surface area contributed by atoms with Crippen molar-refractivity contribution in [1.82, 2.24) is 10.2 Å². The van der Waals surface area contributed by atoms with Gasteiger partial charge in [-0.25, -0.2) is 4.79 Å². The number of benzene rings is 1. The molecular weight excluding hydrogens is 252 g/mol. The summed E-state index contributed by atoms with van der Waals surface area (Å²) in [6.45, 7) is -0.794. The Hall–Kier alpha value is -2.83. The summed E-state index contributed by atoms with van der Waals surface area (Å²) in [7, 11) is 0. The number of rotatable bonds is 3. The van der Waals surface area contributed by atoms with Gasteiger partial charge in [0, 0.05) is 0 Å². The smallest absolute Gasteiger partial charge is 0.329 e. The molecule has 2 N–H and O–H groups in total. The summed E-state index contributed by atoms with van der Waals surface area (Å²) in [6, 6.07) is 5.13. The second-order valence-electron chi connectivity index (χ2n) is 3.84. The average molecular weight is 261 g/mol. The molecule has 3 amide bonds. The van der Waals surface area contributed by atoms with Crippen LogP contribution in [0.4, 0.5) is 4.79 Å². The highest BCUT2D eigenvalue weighted by molar-refractivity contribution is 6.15. The molecule has 0 spiro atoms. The highest BCUT2D eigenvalue weighted by Crippen LogP contribution is 2.16. The first kappa shape index (κ1) is 12.6. The Morgan fingerprint density at radius 3 is 2.53 bits per heavy atom. The molecule has 1 aromatic carbocycles. The third kappa shape index (κ3) is 2.71. The van der Waals surface area contributed by atoms with Gasteiger partial charge in [-0.15, -0.1) is 0 Å². The van der Waals surface area contributed by atoms with Crippen molar-refractivity contribution < 1.29 is 24.6 Å². The Balaban J connectivity index is 2.23. The fourth-order valence-corrected chi connectivity index (χ4v) is 1.58. The van der Waals surface area contributed by atoms with Crippen LogP contribution in [0.25, 0.3) is 6.08 Å². The van der Waals surface area contributed by atoms with Gasteiger partial charge in [-0.1, -0.05) is 12.1 Å². The van der Waals surface area contributed by atoms with Crippen LogP contribution in [0.2, 0.25) is 0 Å². The molecule has 0 saturated carbocycles. The highest BCUT2D eigenvalue weighted by Gasteiger charge is 2.33. The molecule has 1 aliphatic heterocycles. The third-order valence-electron chi connectivity index (χ3n) is 2.45. The van der Waals surface area contributed by atoms with Crippen molar-refractivity contribution in [2.75, 3.05) is 6.54 Å². The number of urea groups is 1. The minimum absolute atomic E-state index is 0.0306. The molecule has 7 nitrogen and oxygen atoms in total. The Kier molecular flexibility index (Phi) is 3.19. The Morgan fingerprint density at radius 2 is 1.95 bits per heavy atom. The van der Waals surface area contributed by atoms with Crippen LogP contribution in [0.5, 0.6) is 5.75 Å². The number of phenols is 1. The van der Waals surface area contributed by atoms with Crippen LogP contribution in [-0.4, -0.2) is 34.5 Å². The second-order valence-corrected chi connectivity index (χ2v) is 3.84. The van der Waals surface area contributed by atoms with Gasteiger partial charge in [-0.3, -0.25) is 9.69 Å². The Morgan fingerprint density at radius 1 is 1.32 bits per heavy atom. The molecule has 1 aliphatic rings. The number of amides is 3. The van der Waals surface area contributed by atoms with Gasteiger partial charge in [-0.2, -0.15) is 0 Å². The van der Waals surface area contributed by atoms with Crippen molar-refractivity contribution in [2.45, 2.75) is 0 Å². The summed E-state index contributed by atoms with van der Waals surface area (Å²) >= 11 is 0. The first-order chi connectivity index (χ1) is 8.97. The van der Waals surface area contributed by atoms with E-state index in [1.165, 1.54) is 18.2 Å². The molecule has 0 aliphatic carbocycles. The lowest BCUT2D eigenvalue weighted by Gasteiger charge is -2.11. The SMILES string of the molecule is O=C([O-])CN1C(=O)N/C(=C/c2ccc(O)cc2)C1=O. The fraction of sp³-hybridized carbons (Fsp3) is 0.0833. The van der Waals surface area contributed by atoms with E-state index >= 15 is 0 Å². The minimum atomic E-state index is -1.52. The number of hydrogen-bond donors (Lipinski definition) is 2. The predicted molar refractivity (Wildman–Crippen MR) is 61.3 cm³/mol. The van der Waals surface area contributed by atoms with Crippen molar-refractivity contribution in [3.05, 3.63) is 35.5 Å². The normalized spacial score (nSPS) is 16.8. The number of nitrogens with zero attached hydrogens (tertiary/aromatic N) is 1. The molecule has 1 saturated heterocycles. The van der Waals surface area contributed by atoms with Crippen LogP contribution in [0.15, 0.2) is 30.0 Å². The largest absolute Gasteiger partial charge is 0.548 e. The molecule has 98 valence electrons. The number of imide groups is 1. The molecule has 2 rings (SSSR count). The lowest BCUT2D eigenvalue weighted by molar-refractivity contribution is -0.305. The maximum atomic E-state index is 11.8. The van der Waals surface area contributed by atoms with E-state index in [4.69, 9.17) is 5.11 Å². The van der Waals surface area contributed by atoms with Crippen LogP contribution >= 0.6 is 0 Å². The minimum Gasteiger partial charge on any atom is -0.548 e. The Labute approximate surface area is 107 Å². The summed E-state index contributed by atoms with van der Waals surface area (Å²) in [5.41, 5.74) is 0.550. The third-order valence-corrected chi connectivity index (χ3v) is 2.45. The molecule has 0 aromatic heterocycles. The number of carboxylic acids is 1. The zero-order chi connectivity index (χ0) is 14.0. The molecule has 0 atom stereocenters. The molecule has 7 heteroatoms.